The molecule has 0 aliphatic rings. The van der Waals surface area contributed by atoms with Crippen LogP contribution in [0.25, 0.3) is 0 Å². The first-order valence-corrected chi connectivity index (χ1v) is 5.74. The van der Waals surface area contributed by atoms with Crippen molar-refractivity contribution >= 4 is 22.0 Å². The fourth-order valence-electron chi connectivity index (χ4n) is 0.660. The van der Waals surface area contributed by atoms with Gasteiger partial charge in [0.1, 0.15) is 6.04 Å². The van der Waals surface area contributed by atoms with Crippen LogP contribution in [0.3, 0.4) is 0 Å². The molecule has 88 valence electrons. The van der Waals surface area contributed by atoms with Crippen LogP contribution in [0.15, 0.2) is 4.40 Å². The normalized spacial score (nSPS) is 14.5. The summed E-state index contributed by atoms with van der Waals surface area (Å²) < 4.78 is 28.7. The van der Waals surface area contributed by atoms with Crippen molar-refractivity contribution in [2.75, 3.05) is 19.9 Å². The molecule has 0 aliphatic carbocycles. The van der Waals surface area contributed by atoms with Crippen molar-refractivity contribution in [2.24, 2.45) is 15.9 Å². The number of nitrogens with zero attached hydrogens (tertiary/aromatic N) is 1. The predicted molar refractivity (Wildman–Crippen MR) is 54.5 cm³/mol. The van der Waals surface area contributed by atoms with E-state index in [1.165, 1.54) is 7.11 Å². The molecule has 0 aliphatic heterocycles. The molecule has 0 bridgehead atoms. The molecule has 0 fully saturated rings. The molecule has 0 saturated carbocycles. The summed E-state index contributed by atoms with van der Waals surface area (Å²) in [5, 5.41) is 2.38. The molecule has 0 aromatic heterocycles. The molecular weight excluding hydrogens is 224 g/mol. The average Bonchev–Trinajstić information content (AvgIpc) is 2.10. The molecule has 0 unspecified atom stereocenters. The lowest BCUT2D eigenvalue weighted by molar-refractivity contribution is -0.141. The molecule has 5 N–H and O–H groups in total. The number of methoxy groups -OCH3 is 1. The van der Waals surface area contributed by atoms with E-state index in [0.717, 1.165) is 6.26 Å². The van der Waals surface area contributed by atoms with Crippen molar-refractivity contribution in [3.63, 3.8) is 0 Å². The molecular formula is C6H14N4O4S. The molecule has 8 nitrogen and oxygen atoms in total. The number of carbonyl (C=O) groups is 1. The van der Waals surface area contributed by atoms with Crippen LogP contribution in [0.1, 0.15) is 0 Å². The van der Waals surface area contributed by atoms with Crippen LogP contribution in [-0.4, -0.2) is 46.3 Å². The molecule has 0 rings (SSSR count). The number of nitrogens with two attached hydrogens (primary N) is 2. The smallest absolute Gasteiger partial charge is 0.324 e. The third-order valence-electron chi connectivity index (χ3n) is 1.27. The largest absolute Gasteiger partial charge is 0.468 e. The highest BCUT2D eigenvalue weighted by molar-refractivity contribution is 7.89. The minimum atomic E-state index is -3.55. The van der Waals surface area contributed by atoms with Crippen LogP contribution in [0.2, 0.25) is 0 Å². The zero-order chi connectivity index (χ0) is 12.1. The Hall–Kier alpha value is -1.35. The third kappa shape index (κ3) is 6.69. The van der Waals surface area contributed by atoms with Gasteiger partial charge in [0.05, 0.1) is 13.4 Å². The second-order valence-corrected chi connectivity index (χ2v) is 4.37. The third-order valence-corrected chi connectivity index (χ3v) is 1.80. The van der Waals surface area contributed by atoms with Crippen LogP contribution in [0.4, 0.5) is 0 Å². The molecule has 0 saturated heterocycles. The lowest BCUT2D eigenvalue weighted by Crippen LogP contribution is -2.45. The van der Waals surface area contributed by atoms with Gasteiger partial charge in [-0.2, -0.15) is 0 Å². The minimum Gasteiger partial charge on any atom is -0.468 e. The second kappa shape index (κ2) is 5.51. The lowest BCUT2D eigenvalue weighted by atomic mass is 10.3. The highest BCUT2D eigenvalue weighted by atomic mass is 32.2. The number of guanidine groups is 1. The van der Waals surface area contributed by atoms with Crippen LogP contribution >= 0.6 is 0 Å². The van der Waals surface area contributed by atoms with Crippen molar-refractivity contribution in [1.29, 1.82) is 0 Å². The van der Waals surface area contributed by atoms with Crippen molar-refractivity contribution in [3.05, 3.63) is 0 Å². The number of esters is 1. The number of hydrogen-bond donors (Lipinski definition) is 3. The van der Waals surface area contributed by atoms with Gasteiger partial charge in [0, 0.05) is 6.54 Å². The fraction of sp³-hybridized carbons (Fsp3) is 0.667. The Morgan fingerprint density at radius 1 is 1.60 bits per heavy atom. The molecule has 0 radical (unpaired) electrons. The molecule has 0 spiro atoms. The Balaban J connectivity index is 4.18. The van der Waals surface area contributed by atoms with E-state index in [0.29, 0.717) is 0 Å². The zero-order valence-electron chi connectivity index (χ0n) is 8.43. The van der Waals surface area contributed by atoms with E-state index >= 15 is 0 Å². The SMILES string of the molecule is COC(=O)[C@@H](N)CN/C(N)=N\S(C)(=O)=O. The lowest BCUT2D eigenvalue weighted by Gasteiger charge is -2.10. The maximum Gasteiger partial charge on any atom is 0.324 e. The first kappa shape index (κ1) is 13.7. The summed E-state index contributed by atoms with van der Waals surface area (Å²) >= 11 is 0. The summed E-state index contributed by atoms with van der Waals surface area (Å²) in [6.45, 7) is -0.0580. The van der Waals surface area contributed by atoms with Gasteiger partial charge in [-0.15, -0.1) is 4.40 Å². The highest BCUT2D eigenvalue weighted by Gasteiger charge is 2.13. The summed E-state index contributed by atoms with van der Waals surface area (Å²) in [6, 6.07) is -0.927. The molecule has 0 aromatic rings. The van der Waals surface area contributed by atoms with Crippen molar-refractivity contribution < 1.29 is 17.9 Å². The summed E-state index contributed by atoms with van der Waals surface area (Å²) in [6.07, 6.45) is 0.891. The van der Waals surface area contributed by atoms with Crippen molar-refractivity contribution in [3.8, 4) is 0 Å². The van der Waals surface area contributed by atoms with Gasteiger partial charge in [-0.1, -0.05) is 0 Å². The number of ether oxygens (including phenoxy) is 1. The van der Waals surface area contributed by atoms with E-state index in [1.54, 1.807) is 0 Å². The number of carbonyl (C=O) groups excluding carboxylic acids is 1. The standard InChI is InChI=1S/C6H14N4O4S/c1-14-5(11)4(7)3-9-6(8)10-15(2,12)13/h4H,3,7H2,1-2H3,(H3,8,9,10)/t4-/m0/s1. The van der Waals surface area contributed by atoms with Gasteiger partial charge in [0.25, 0.3) is 10.0 Å². The Morgan fingerprint density at radius 2 is 2.13 bits per heavy atom. The Morgan fingerprint density at radius 3 is 2.53 bits per heavy atom. The number of hydrogen-bond acceptors (Lipinski definition) is 5. The first-order chi connectivity index (χ1) is 6.76. The van der Waals surface area contributed by atoms with E-state index in [-0.39, 0.29) is 12.5 Å². The Bertz CT molecular complexity index is 350. The summed E-state index contributed by atoms with van der Waals surface area (Å²) in [7, 11) is -2.36. The van der Waals surface area contributed by atoms with E-state index in [9.17, 15) is 13.2 Å². The number of nitrogens with one attached hydrogen (secondary N) is 1. The predicted octanol–water partition coefficient (Wildman–Crippen LogP) is -2.65. The van der Waals surface area contributed by atoms with Gasteiger partial charge in [-0.3, -0.25) is 4.79 Å². The molecule has 1 atom stereocenters. The maximum absolute atomic E-state index is 10.8. The minimum absolute atomic E-state index is 0.0580. The molecule has 0 amide bonds. The van der Waals surface area contributed by atoms with Gasteiger partial charge in [-0.25, -0.2) is 8.42 Å². The fourth-order valence-corrected chi connectivity index (χ4v) is 1.08. The van der Waals surface area contributed by atoms with E-state index in [4.69, 9.17) is 11.5 Å². The summed E-state index contributed by atoms with van der Waals surface area (Å²) in [5.74, 6) is -0.952. The zero-order valence-corrected chi connectivity index (χ0v) is 9.24. The Kier molecular flexibility index (Phi) is 5.02. The monoisotopic (exact) mass is 238 g/mol. The number of rotatable bonds is 4. The highest BCUT2D eigenvalue weighted by Crippen LogP contribution is 1.84. The summed E-state index contributed by atoms with van der Waals surface area (Å²) in [5.41, 5.74) is 10.5. The average molecular weight is 238 g/mol. The van der Waals surface area contributed by atoms with Crippen LogP contribution in [0.5, 0.6) is 0 Å². The van der Waals surface area contributed by atoms with Gasteiger partial charge >= 0.3 is 5.97 Å². The Labute approximate surface area is 87.7 Å². The van der Waals surface area contributed by atoms with Crippen LogP contribution in [0, 0.1) is 0 Å². The molecule has 9 heteroatoms. The van der Waals surface area contributed by atoms with Gasteiger partial charge in [-0.05, 0) is 0 Å². The maximum atomic E-state index is 10.8. The van der Waals surface area contributed by atoms with Crippen molar-refractivity contribution in [2.45, 2.75) is 6.04 Å². The van der Waals surface area contributed by atoms with Gasteiger partial charge in [0.2, 0.25) is 5.96 Å². The van der Waals surface area contributed by atoms with Gasteiger partial charge < -0.3 is 21.5 Å². The van der Waals surface area contributed by atoms with Gasteiger partial charge in [0.15, 0.2) is 0 Å². The first-order valence-electron chi connectivity index (χ1n) is 3.89. The number of sulfonamides is 1. The second-order valence-electron chi connectivity index (χ2n) is 2.72. The van der Waals surface area contributed by atoms with E-state index in [2.05, 4.69) is 14.5 Å². The molecule has 0 heterocycles. The molecule has 15 heavy (non-hydrogen) atoms. The van der Waals surface area contributed by atoms with E-state index in [1.807, 2.05) is 0 Å². The topological polar surface area (TPSA) is 137 Å². The summed E-state index contributed by atoms with van der Waals surface area (Å²) in [4.78, 5) is 10.8. The van der Waals surface area contributed by atoms with Crippen LogP contribution < -0.4 is 16.8 Å². The van der Waals surface area contributed by atoms with Crippen LogP contribution in [-0.2, 0) is 19.6 Å². The quantitative estimate of drug-likeness (QED) is 0.276. The van der Waals surface area contributed by atoms with Crippen molar-refractivity contribution in [1.82, 2.24) is 5.32 Å². The molecule has 0 aromatic carbocycles. The van der Waals surface area contributed by atoms with E-state index < -0.39 is 22.0 Å².